The van der Waals surface area contributed by atoms with Gasteiger partial charge in [0.15, 0.2) is 0 Å². The van der Waals surface area contributed by atoms with Crippen LogP contribution in [0.4, 0.5) is 0 Å². The summed E-state index contributed by atoms with van der Waals surface area (Å²) in [6, 6.07) is 14.5. The summed E-state index contributed by atoms with van der Waals surface area (Å²) in [7, 11) is 0. The molecule has 0 spiro atoms. The van der Waals surface area contributed by atoms with Gasteiger partial charge in [0.25, 0.3) is 0 Å². The van der Waals surface area contributed by atoms with E-state index in [0.29, 0.717) is 10.0 Å². The van der Waals surface area contributed by atoms with Gasteiger partial charge >= 0.3 is 0 Å². The quantitative estimate of drug-likeness (QED) is 0.512. The van der Waals surface area contributed by atoms with Crippen molar-refractivity contribution in [2.24, 2.45) is 21.0 Å². The Morgan fingerprint density at radius 3 is 2.14 bits per heavy atom. The Bertz CT molecular complexity index is 725. The van der Waals surface area contributed by atoms with E-state index in [4.69, 9.17) is 28.9 Å². The van der Waals surface area contributed by atoms with E-state index in [1.165, 1.54) is 0 Å². The average Bonchev–Trinajstić information content (AvgIpc) is 2.47. The van der Waals surface area contributed by atoms with Gasteiger partial charge in [-0.2, -0.15) is 10.2 Å². The topological polar surface area (TPSA) is 75.1 Å². The lowest BCUT2D eigenvalue weighted by molar-refractivity contribution is 0.994. The van der Waals surface area contributed by atoms with Gasteiger partial charge in [-0.3, -0.25) is 0 Å². The standard InChI is InChI=1S/C15H13Cl2N5/c16-13-5-1-3-11(7-13)9-19-21-15(18)22-20-10-12-4-2-6-14(17)8-12/h1-10H,(H3,18,21,22)/b19-9-,20-10-. The first-order valence-corrected chi connectivity index (χ1v) is 7.06. The van der Waals surface area contributed by atoms with Crippen LogP contribution in [0.25, 0.3) is 0 Å². The molecule has 0 unspecified atom stereocenters. The van der Waals surface area contributed by atoms with Crippen molar-refractivity contribution < 1.29 is 0 Å². The normalized spacial score (nSPS) is 12.2. The third-order valence-corrected chi connectivity index (χ3v) is 2.93. The van der Waals surface area contributed by atoms with E-state index in [9.17, 15) is 0 Å². The summed E-state index contributed by atoms with van der Waals surface area (Å²) in [6.45, 7) is 0. The van der Waals surface area contributed by atoms with Crippen LogP contribution in [0.5, 0.6) is 0 Å². The fourth-order valence-electron chi connectivity index (χ4n) is 1.53. The van der Waals surface area contributed by atoms with Gasteiger partial charge in [0.1, 0.15) is 0 Å². The van der Waals surface area contributed by atoms with Crippen LogP contribution in [0, 0.1) is 0 Å². The molecule has 0 amide bonds. The van der Waals surface area contributed by atoms with Gasteiger partial charge in [0.05, 0.1) is 12.4 Å². The Labute approximate surface area is 138 Å². The number of hydrazone groups is 1. The molecule has 7 heteroatoms. The molecule has 0 atom stereocenters. The van der Waals surface area contributed by atoms with E-state index in [-0.39, 0.29) is 5.96 Å². The lowest BCUT2D eigenvalue weighted by Crippen LogP contribution is -2.26. The molecule has 0 saturated carbocycles. The largest absolute Gasteiger partial charge is 0.367 e. The Balaban J connectivity index is 1.90. The Kier molecular flexibility index (Phi) is 5.94. The van der Waals surface area contributed by atoms with Gasteiger partial charge in [-0.15, -0.1) is 5.10 Å². The lowest BCUT2D eigenvalue weighted by Gasteiger charge is -1.97. The SMILES string of the molecule is NC(=N/N=C\c1cccc(Cl)c1)N/N=C\c1cccc(Cl)c1. The number of benzene rings is 2. The summed E-state index contributed by atoms with van der Waals surface area (Å²) in [6.07, 6.45) is 3.12. The van der Waals surface area contributed by atoms with Gasteiger partial charge < -0.3 is 5.73 Å². The average molecular weight is 334 g/mol. The molecule has 0 radical (unpaired) electrons. The highest BCUT2D eigenvalue weighted by Gasteiger charge is 1.91. The molecule has 0 aliphatic rings. The van der Waals surface area contributed by atoms with Crippen molar-refractivity contribution in [3.63, 3.8) is 0 Å². The minimum atomic E-state index is 0.0663. The number of nitrogens with zero attached hydrogens (tertiary/aromatic N) is 3. The first-order valence-electron chi connectivity index (χ1n) is 6.30. The highest BCUT2D eigenvalue weighted by atomic mass is 35.5. The molecule has 2 aromatic rings. The van der Waals surface area contributed by atoms with Crippen LogP contribution >= 0.6 is 23.2 Å². The van der Waals surface area contributed by atoms with Crippen LogP contribution < -0.4 is 11.2 Å². The second-order valence-electron chi connectivity index (χ2n) is 4.21. The zero-order chi connectivity index (χ0) is 15.8. The van der Waals surface area contributed by atoms with Gasteiger partial charge in [-0.25, -0.2) is 5.43 Å². The first-order chi connectivity index (χ1) is 10.6. The van der Waals surface area contributed by atoms with E-state index in [0.717, 1.165) is 11.1 Å². The number of rotatable bonds is 4. The van der Waals surface area contributed by atoms with Crippen molar-refractivity contribution in [1.82, 2.24) is 5.43 Å². The molecule has 22 heavy (non-hydrogen) atoms. The van der Waals surface area contributed by atoms with Gasteiger partial charge in [-0.1, -0.05) is 47.5 Å². The fraction of sp³-hybridized carbons (Fsp3) is 0. The lowest BCUT2D eigenvalue weighted by atomic mass is 10.2. The molecule has 0 saturated heterocycles. The number of halogens is 2. The van der Waals surface area contributed by atoms with E-state index < -0.39 is 0 Å². The fourth-order valence-corrected chi connectivity index (χ4v) is 1.92. The van der Waals surface area contributed by atoms with E-state index in [1.807, 2.05) is 24.3 Å². The summed E-state index contributed by atoms with van der Waals surface area (Å²) in [4.78, 5) is 0. The number of guanidine groups is 1. The van der Waals surface area contributed by atoms with E-state index in [2.05, 4.69) is 20.7 Å². The van der Waals surface area contributed by atoms with Crippen LogP contribution in [-0.2, 0) is 0 Å². The van der Waals surface area contributed by atoms with E-state index >= 15 is 0 Å². The Morgan fingerprint density at radius 2 is 1.55 bits per heavy atom. The van der Waals surface area contributed by atoms with Gasteiger partial charge in [0, 0.05) is 10.0 Å². The Morgan fingerprint density at radius 1 is 0.955 bits per heavy atom. The molecule has 0 fully saturated rings. The minimum absolute atomic E-state index is 0.0663. The van der Waals surface area contributed by atoms with Crippen molar-refractivity contribution >= 4 is 41.6 Å². The van der Waals surface area contributed by atoms with Crippen LogP contribution in [0.2, 0.25) is 10.0 Å². The van der Waals surface area contributed by atoms with E-state index in [1.54, 1.807) is 36.7 Å². The Hall–Kier alpha value is -2.37. The maximum absolute atomic E-state index is 5.87. The molecule has 0 aliphatic heterocycles. The third kappa shape index (κ3) is 5.55. The number of hydrogen-bond acceptors (Lipinski definition) is 3. The maximum Gasteiger partial charge on any atom is 0.234 e. The smallest absolute Gasteiger partial charge is 0.234 e. The van der Waals surface area contributed by atoms with Crippen molar-refractivity contribution in [3.05, 3.63) is 69.7 Å². The summed E-state index contributed by atoms with van der Waals surface area (Å²) >= 11 is 11.7. The van der Waals surface area contributed by atoms with Crippen molar-refractivity contribution in [2.45, 2.75) is 0 Å². The summed E-state index contributed by atoms with van der Waals surface area (Å²) in [5.41, 5.74) is 9.85. The second-order valence-corrected chi connectivity index (χ2v) is 5.08. The predicted octanol–water partition coefficient (Wildman–Crippen LogP) is 3.27. The molecule has 0 heterocycles. The zero-order valence-corrected chi connectivity index (χ0v) is 13.0. The van der Waals surface area contributed by atoms with Gasteiger partial charge in [0.2, 0.25) is 5.96 Å². The molecular formula is C15H13Cl2N5. The maximum atomic E-state index is 5.87. The molecule has 0 aliphatic carbocycles. The summed E-state index contributed by atoms with van der Waals surface area (Å²) in [5.74, 6) is 0.0663. The second kappa shape index (κ2) is 8.17. The number of nitrogens with one attached hydrogen (secondary N) is 1. The van der Waals surface area contributed by atoms with Crippen molar-refractivity contribution in [1.29, 1.82) is 0 Å². The van der Waals surface area contributed by atoms with Gasteiger partial charge in [-0.05, 0) is 35.4 Å². The van der Waals surface area contributed by atoms with Crippen LogP contribution in [-0.4, -0.2) is 18.4 Å². The number of hydrogen-bond donors (Lipinski definition) is 2. The summed E-state index contributed by atoms with van der Waals surface area (Å²) in [5, 5.41) is 12.8. The van der Waals surface area contributed by atoms with Crippen LogP contribution in [0.3, 0.4) is 0 Å². The molecule has 0 aromatic heterocycles. The highest BCUT2D eigenvalue weighted by Crippen LogP contribution is 2.09. The monoisotopic (exact) mass is 333 g/mol. The molecule has 0 bridgehead atoms. The number of nitrogens with two attached hydrogens (primary N) is 1. The van der Waals surface area contributed by atoms with Crippen LogP contribution in [0.1, 0.15) is 11.1 Å². The summed E-state index contributed by atoms with van der Waals surface area (Å²) < 4.78 is 0. The minimum Gasteiger partial charge on any atom is -0.367 e. The van der Waals surface area contributed by atoms with Crippen molar-refractivity contribution in [3.8, 4) is 0 Å². The molecule has 2 rings (SSSR count). The molecule has 112 valence electrons. The zero-order valence-electron chi connectivity index (χ0n) is 11.4. The molecule has 5 nitrogen and oxygen atoms in total. The third-order valence-electron chi connectivity index (χ3n) is 2.46. The molecule has 2 aromatic carbocycles. The predicted molar refractivity (Wildman–Crippen MR) is 92.9 cm³/mol. The first kappa shape index (κ1) is 16.0. The molecular weight excluding hydrogens is 321 g/mol. The van der Waals surface area contributed by atoms with Crippen molar-refractivity contribution in [2.75, 3.05) is 0 Å². The van der Waals surface area contributed by atoms with Crippen LogP contribution in [0.15, 0.2) is 63.8 Å². The molecule has 3 N–H and O–H groups in total. The highest BCUT2D eigenvalue weighted by molar-refractivity contribution is 6.31.